The first-order chi connectivity index (χ1) is 5.86. The van der Waals surface area contributed by atoms with Crippen molar-refractivity contribution in [1.82, 2.24) is 9.78 Å². The molecule has 0 atom stereocenters. The van der Waals surface area contributed by atoms with Crippen molar-refractivity contribution < 1.29 is 0 Å². The molecule has 68 valence electrons. The summed E-state index contributed by atoms with van der Waals surface area (Å²) < 4.78 is 1.87. The summed E-state index contributed by atoms with van der Waals surface area (Å²) in [6, 6.07) is 12.1. The van der Waals surface area contributed by atoms with E-state index in [1.165, 1.54) is 0 Å². The highest BCUT2D eigenvalue weighted by Gasteiger charge is 1.94. The third-order valence-corrected chi connectivity index (χ3v) is 1.74. The molecule has 0 N–H and O–H groups in total. The number of hydrogen-bond donors (Lipinski definition) is 0. The van der Waals surface area contributed by atoms with Crippen LogP contribution in [0.4, 0.5) is 0 Å². The zero-order valence-corrected chi connectivity index (χ0v) is 8.16. The minimum absolute atomic E-state index is 0. The van der Waals surface area contributed by atoms with Crippen LogP contribution in [0.5, 0.6) is 0 Å². The number of nitrogens with zero attached hydrogens (tertiary/aromatic N) is 2. The first kappa shape index (κ1) is 9.81. The van der Waals surface area contributed by atoms with Crippen molar-refractivity contribution in [2.24, 2.45) is 0 Å². The maximum atomic E-state index is 4.30. The fraction of sp³-hybridized carbons (Fsp3) is 0.100. The van der Waals surface area contributed by atoms with Gasteiger partial charge in [-0.1, -0.05) is 18.2 Å². The summed E-state index contributed by atoms with van der Waals surface area (Å²) >= 11 is 0. The van der Waals surface area contributed by atoms with E-state index in [0.29, 0.717) is 0 Å². The van der Waals surface area contributed by atoms with Gasteiger partial charge in [-0.2, -0.15) is 5.10 Å². The number of halogens is 1. The van der Waals surface area contributed by atoms with Crippen molar-refractivity contribution in [1.29, 1.82) is 0 Å². The molecule has 0 aliphatic heterocycles. The molecule has 3 heteroatoms. The van der Waals surface area contributed by atoms with Crippen molar-refractivity contribution in [3.63, 3.8) is 0 Å². The molecule has 2 nitrogen and oxygen atoms in total. The van der Waals surface area contributed by atoms with Crippen LogP contribution < -0.4 is 0 Å². The van der Waals surface area contributed by atoms with Gasteiger partial charge in [0, 0.05) is 6.20 Å². The lowest BCUT2D eigenvalue weighted by molar-refractivity contribution is 0.863. The van der Waals surface area contributed by atoms with Crippen LogP contribution in [0.25, 0.3) is 5.69 Å². The normalized spacial score (nSPS) is 9.31. The second-order valence-corrected chi connectivity index (χ2v) is 2.74. The number of para-hydroxylation sites is 1. The molecule has 0 unspecified atom stereocenters. The summed E-state index contributed by atoms with van der Waals surface area (Å²) in [5.74, 6) is 0. The van der Waals surface area contributed by atoms with Gasteiger partial charge in [0.2, 0.25) is 0 Å². The average molecular weight is 195 g/mol. The van der Waals surface area contributed by atoms with E-state index in [9.17, 15) is 0 Å². The first-order valence-corrected chi connectivity index (χ1v) is 3.94. The van der Waals surface area contributed by atoms with Gasteiger partial charge in [0.1, 0.15) is 0 Å². The van der Waals surface area contributed by atoms with Crippen LogP contribution in [0.15, 0.2) is 42.6 Å². The molecular weight excluding hydrogens is 184 g/mol. The largest absolute Gasteiger partial charge is 0.241 e. The van der Waals surface area contributed by atoms with Crippen LogP contribution in [0.2, 0.25) is 0 Å². The molecule has 0 spiro atoms. The summed E-state index contributed by atoms with van der Waals surface area (Å²) in [6.07, 6.45) is 1.96. The highest BCUT2D eigenvalue weighted by molar-refractivity contribution is 5.85. The summed E-state index contributed by atoms with van der Waals surface area (Å²) in [5, 5.41) is 4.30. The predicted octanol–water partition coefficient (Wildman–Crippen LogP) is 2.60. The Labute approximate surface area is 83.6 Å². The minimum atomic E-state index is 0. The Bertz CT molecular complexity index is 367. The Kier molecular flexibility index (Phi) is 3.09. The third-order valence-electron chi connectivity index (χ3n) is 1.74. The van der Waals surface area contributed by atoms with Crippen LogP contribution in [-0.2, 0) is 0 Å². The topological polar surface area (TPSA) is 17.8 Å². The number of aryl methyl sites for hydroxylation is 1. The smallest absolute Gasteiger partial charge is 0.0645 e. The van der Waals surface area contributed by atoms with Crippen molar-refractivity contribution in [3.05, 3.63) is 48.3 Å². The van der Waals surface area contributed by atoms with Gasteiger partial charge in [0.05, 0.1) is 11.4 Å². The second kappa shape index (κ2) is 4.10. The standard InChI is InChI=1S/C10H10N2.ClH/c1-9-7-8-12(11-9)10-5-3-2-4-6-10;/h2-8H,1H3;1H. The van der Waals surface area contributed by atoms with Gasteiger partial charge in [0.25, 0.3) is 0 Å². The Balaban J connectivity index is 0.000000845. The Morgan fingerprint density at radius 1 is 1.08 bits per heavy atom. The summed E-state index contributed by atoms with van der Waals surface area (Å²) in [4.78, 5) is 0. The number of hydrogen-bond acceptors (Lipinski definition) is 1. The minimum Gasteiger partial charge on any atom is -0.241 e. The molecule has 13 heavy (non-hydrogen) atoms. The SMILES string of the molecule is Cc1ccn(-c2ccccc2)n1.Cl. The molecule has 0 aliphatic rings. The van der Waals surface area contributed by atoms with Gasteiger partial charge in [-0.15, -0.1) is 12.4 Å². The Morgan fingerprint density at radius 3 is 2.31 bits per heavy atom. The zero-order valence-electron chi connectivity index (χ0n) is 7.34. The van der Waals surface area contributed by atoms with Crippen molar-refractivity contribution >= 4 is 12.4 Å². The molecule has 0 aliphatic carbocycles. The van der Waals surface area contributed by atoms with Gasteiger partial charge in [-0.25, -0.2) is 4.68 Å². The average Bonchev–Trinajstić information content (AvgIpc) is 2.54. The zero-order chi connectivity index (χ0) is 8.39. The van der Waals surface area contributed by atoms with E-state index in [1.54, 1.807) is 0 Å². The summed E-state index contributed by atoms with van der Waals surface area (Å²) in [6.45, 7) is 1.99. The lowest BCUT2D eigenvalue weighted by Gasteiger charge is -1.98. The number of aromatic nitrogens is 2. The quantitative estimate of drug-likeness (QED) is 0.683. The number of benzene rings is 1. The summed E-state index contributed by atoms with van der Waals surface area (Å²) in [7, 11) is 0. The van der Waals surface area contributed by atoms with Gasteiger partial charge in [-0.05, 0) is 25.1 Å². The molecule has 1 aromatic heterocycles. The van der Waals surface area contributed by atoms with Gasteiger partial charge in [0.15, 0.2) is 0 Å². The van der Waals surface area contributed by atoms with E-state index < -0.39 is 0 Å². The van der Waals surface area contributed by atoms with Crippen molar-refractivity contribution in [2.75, 3.05) is 0 Å². The maximum absolute atomic E-state index is 4.30. The molecular formula is C10H11ClN2. The van der Waals surface area contributed by atoms with E-state index >= 15 is 0 Å². The van der Waals surface area contributed by atoms with Crippen LogP contribution in [-0.4, -0.2) is 9.78 Å². The Morgan fingerprint density at radius 2 is 1.77 bits per heavy atom. The van der Waals surface area contributed by atoms with Crippen LogP contribution in [0.1, 0.15) is 5.69 Å². The molecule has 1 heterocycles. The van der Waals surface area contributed by atoms with Crippen LogP contribution in [0.3, 0.4) is 0 Å². The molecule has 0 saturated heterocycles. The second-order valence-electron chi connectivity index (χ2n) is 2.74. The molecule has 0 fully saturated rings. The van der Waals surface area contributed by atoms with E-state index in [2.05, 4.69) is 5.10 Å². The maximum Gasteiger partial charge on any atom is 0.0645 e. The predicted molar refractivity (Wildman–Crippen MR) is 55.5 cm³/mol. The molecule has 2 aromatic rings. The fourth-order valence-corrected chi connectivity index (χ4v) is 1.14. The number of rotatable bonds is 1. The van der Waals surface area contributed by atoms with Gasteiger partial charge in [-0.3, -0.25) is 0 Å². The first-order valence-electron chi connectivity index (χ1n) is 3.94. The molecule has 0 amide bonds. The van der Waals surface area contributed by atoms with Crippen LogP contribution in [0, 0.1) is 6.92 Å². The highest BCUT2D eigenvalue weighted by Crippen LogP contribution is 2.05. The Hall–Kier alpha value is -1.28. The van der Waals surface area contributed by atoms with Gasteiger partial charge >= 0.3 is 0 Å². The third kappa shape index (κ3) is 2.10. The van der Waals surface area contributed by atoms with E-state index in [0.717, 1.165) is 11.4 Å². The van der Waals surface area contributed by atoms with Crippen LogP contribution >= 0.6 is 12.4 Å². The molecule has 0 saturated carbocycles. The van der Waals surface area contributed by atoms with E-state index in [4.69, 9.17) is 0 Å². The molecule has 1 aromatic carbocycles. The lowest BCUT2D eigenvalue weighted by atomic mass is 10.3. The molecule has 0 radical (unpaired) electrons. The van der Waals surface area contributed by atoms with Crippen molar-refractivity contribution in [2.45, 2.75) is 6.92 Å². The van der Waals surface area contributed by atoms with Crippen molar-refractivity contribution in [3.8, 4) is 5.69 Å². The highest BCUT2D eigenvalue weighted by atomic mass is 35.5. The molecule has 2 rings (SSSR count). The van der Waals surface area contributed by atoms with E-state index in [-0.39, 0.29) is 12.4 Å². The lowest BCUT2D eigenvalue weighted by Crippen LogP contribution is -1.93. The van der Waals surface area contributed by atoms with Gasteiger partial charge < -0.3 is 0 Å². The summed E-state index contributed by atoms with van der Waals surface area (Å²) in [5.41, 5.74) is 2.14. The monoisotopic (exact) mass is 194 g/mol. The fourth-order valence-electron chi connectivity index (χ4n) is 1.14. The molecule has 0 bridgehead atoms. The van der Waals surface area contributed by atoms with E-state index in [1.807, 2.05) is 54.2 Å².